The summed E-state index contributed by atoms with van der Waals surface area (Å²) in [7, 11) is 0. The molecule has 0 aliphatic carbocycles. The average molecular weight is 306 g/mol. The number of anilines is 1. The van der Waals surface area contributed by atoms with E-state index in [0.717, 1.165) is 5.56 Å². The first kappa shape index (κ1) is 14.7. The number of oxazole rings is 1. The monoisotopic (exact) mass is 306 g/mol. The Morgan fingerprint density at radius 2 is 1.70 bits per heavy atom. The molecule has 0 bridgehead atoms. The van der Waals surface area contributed by atoms with Crippen LogP contribution in [0, 0.1) is 0 Å². The van der Waals surface area contributed by atoms with E-state index in [2.05, 4.69) is 10.3 Å². The maximum atomic E-state index is 12.4. The van der Waals surface area contributed by atoms with Gasteiger partial charge in [-0.25, -0.2) is 4.98 Å². The average Bonchev–Trinajstić information content (AvgIpc) is 3.06. The Bertz CT molecular complexity index is 836. The van der Waals surface area contributed by atoms with E-state index in [0.29, 0.717) is 16.9 Å². The first-order chi connectivity index (χ1) is 11.1. The molecule has 0 fully saturated rings. The highest BCUT2D eigenvalue weighted by atomic mass is 16.3. The minimum Gasteiger partial charge on any atom is -0.438 e. The molecule has 1 aromatic heterocycles. The van der Waals surface area contributed by atoms with Crippen molar-refractivity contribution in [2.75, 3.05) is 5.32 Å². The highest BCUT2D eigenvalue weighted by molar-refractivity contribution is 6.06. The first-order valence-corrected chi connectivity index (χ1v) is 7.06. The van der Waals surface area contributed by atoms with Gasteiger partial charge in [-0.2, -0.15) is 0 Å². The molecule has 1 heterocycles. The van der Waals surface area contributed by atoms with Gasteiger partial charge in [0.25, 0.3) is 5.91 Å². The van der Waals surface area contributed by atoms with Gasteiger partial charge in [0.15, 0.2) is 12.2 Å². The van der Waals surface area contributed by atoms with Gasteiger partial charge in [-0.3, -0.25) is 9.59 Å². The van der Waals surface area contributed by atoms with Gasteiger partial charge in [-0.15, -0.1) is 0 Å². The standard InChI is InChI=1S/C18H14N2O3/c1-12(21)13-7-9-15(10-8-13)20-18(22)17-16(19-11-23-17)14-5-3-2-4-6-14/h2-11H,1H3,(H,20,22). The fourth-order valence-electron chi connectivity index (χ4n) is 2.19. The summed E-state index contributed by atoms with van der Waals surface area (Å²) >= 11 is 0. The second-order valence-corrected chi connectivity index (χ2v) is 4.98. The summed E-state index contributed by atoms with van der Waals surface area (Å²) in [4.78, 5) is 27.7. The van der Waals surface area contributed by atoms with E-state index < -0.39 is 5.91 Å². The molecule has 0 atom stereocenters. The maximum absolute atomic E-state index is 12.4. The lowest BCUT2D eigenvalue weighted by Gasteiger charge is -2.05. The van der Waals surface area contributed by atoms with Gasteiger partial charge >= 0.3 is 0 Å². The van der Waals surface area contributed by atoms with E-state index in [1.54, 1.807) is 24.3 Å². The number of hydrogen-bond donors (Lipinski definition) is 1. The van der Waals surface area contributed by atoms with E-state index in [9.17, 15) is 9.59 Å². The molecule has 2 aromatic carbocycles. The SMILES string of the molecule is CC(=O)c1ccc(NC(=O)c2ocnc2-c2ccccc2)cc1. The van der Waals surface area contributed by atoms with Crippen LogP contribution < -0.4 is 5.32 Å². The third-order valence-electron chi connectivity index (χ3n) is 3.37. The fraction of sp³-hybridized carbons (Fsp3) is 0.0556. The number of amides is 1. The van der Waals surface area contributed by atoms with Gasteiger partial charge in [0.05, 0.1) is 0 Å². The summed E-state index contributed by atoms with van der Waals surface area (Å²) in [6, 6.07) is 16.0. The number of benzene rings is 2. The molecule has 5 heteroatoms. The van der Waals surface area contributed by atoms with E-state index in [-0.39, 0.29) is 11.5 Å². The van der Waals surface area contributed by atoms with Crippen LogP contribution >= 0.6 is 0 Å². The van der Waals surface area contributed by atoms with Gasteiger partial charge < -0.3 is 9.73 Å². The first-order valence-electron chi connectivity index (χ1n) is 7.06. The Morgan fingerprint density at radius 3 is 2.35 bits per heavy atom. The summed E-state index contributed by atoms with van der Waals surface area (Å²) in [6.07, 6.45) is 1.25. The van der Waals surface area contributed by atoms with Crippen molar-refractivity contribution in [2.24, 2.45) is 0 Å². The van der Waals surface area contributed by atoms with E-state index in [1.807, 2.05) is 30.3 Å². The molecule has 0 spiro atoms. The lowest BCUT2D eigenvalue weighted by atomic mass is 10.1. The van der Waals surface area contributed by atoms with E-state index in [1.165, 1.54) is 13.3 Å². The molecule has 3 rings (SSSR count). The minimum atomic E-state index is -0.392. The molecule has 3 aromatic rings. The van der Waals surface area contributed by atoms with Crippen molar-refractivity contribution < 1.29 is 14.0 Å². The summed E-state index contributed by atoms with van der Waals surface area (Å²) in [5.41, 5.74) is 2.46. The molecule has 0 radical (unpaired) electrons. The molecule has 0 aliphatic heterocycles. The second-order valence-electron chi connectivity index (χ2n) is 4.98. The van der Waals surface area contributed by atoms with Crippen molar-refractivity contribution in [2.45, 2.75) is 6.92 Å². The quantitative estimate of drug-likeness (QED) is 0.744. The molecule has 5 nitrogen and oxygen atoms in total. The number of rotatable bonds is 4. The van der Waals surface area contributed by atoms with E-state index in [4.69, 9.17) is 4.42 Å². The highest BCUT2D eigenvalue weighted by Crippen LogP contribution is 2.22. The van der Waals surface area contributed by atoms with Gasteiger partial charge in [-0.1, -0.05) is 30.3 Å². The number of nitrogens with one attached hydrogen (secondary N) is 1. The van der Waals surface area contributed by atoms with Crippen LogP contribution in [0.25, 0.3) is 11.3 Å². The van der Waals surface area contributed by atoms with Gasteiger partial charge in [0, 0.05) is 16.8 Å². The molecular formula is C18H14N2O3. The number of nitrogens with zero attached hydrogens (tertiary/aromatic N) is 1. The number of ketones is 1. The van der Waals surface area contributed by atoms with Crippen molar-refractivity contribution in [3.63, 3.8) is 0 Å². The molecule has 0 unspecified atom stereocenters. The summed E-state index contributed by atoms with van der Waals surface area (Å²) in [5, 5.41) is 2.74. The molecule has 0 aliphatic rings. The maximum Gasteiger partial charge on any atom is 0.293 e. The Morgan fingerprint density at radius 1 is 1.00 bits per heavy atom. The number of aromatic nitrogens is 1. The van der Waals surface area contributed by atoms with Crippen molar-refractivity contribution in [3.05, 3.63) is 72.3 Å². The van der Waals surface area contributed by atoms with Crippen LogP contribution in [0.3, 0.4) is 0 Å². The Labute approximate surface area is 133 Å². The van der Waals surface area contributed by atoms with Crippen LogP contribution in [0.1, 0.15) is 27.8 Å². The molecule has 0 saturated heterocycles. The van der Waals surface area contributed by atoms with Crippen LogP contribution in [-0.4, -0.2) is 16.7 Å². The number of hydrogen-bond acceptors (Lipinski definition) is 4. The Kier molecular flexibility index (Phi) is 4.01. The molecule has 23 heavy (non-hydrogen) atoms. The molecule has 0 saturated carbocycles. The topological polar surface area (TPSA) is 72.2 Å². The molecular weight excluding hydrogens is 292 g/mol. The zero-order valence-corrected chi connectivity index (χ0v) is 12.4. The van der Waals surface area contributed by atoms with Gasteiger partial charge in [0.1, 0.15) is 5.69 Å². The normalized spacial score (nSPS) is 10.3. The zero-order chi connectivity index (χ0) is 16.2. The minimum absolute atomic E-state index is 0.0236. The molecule has 1 amide bonds. The predicted molar refractivity (Wildman–Crippen MR) is 86.3 cm³/mol. The van der Waals surface area contributed by atoms with Crippen molar-refractivity contribution in [1.29, 1.82) is 0 Å². The number of carbonyl (C=O) groups is 2. The number of carbonyl (C=O) groups excluding carboxylic acids is 2. The summed E-state index contributed by atoms with van der Waals surface area (Å²) < 4.78 is 5.24. The molecule has 1 N–H and O–H groups in total. The van der Waals surface area contributed by atoms with Crippen molar-refractivity contribution in [3.8, 4) is 11.3 Å². The van der Waals surface area contributed by atoms with Crippen LogP contribution in [0.2, 0.25) is 0 Å². The lowest BCUT2D eigenvalue weighted by Crippen LogP contribution is -2.12. The highest BCUT2D eigenvalue weighted by Gasteiger charge is 2.18. The Hall–Kier alpha value is -3.21. The third-order valence-corrected chi connectivity index (χ3v) is 3.37. The van der Waals surface area contributed by atoms with Crippen molar-refractivity contribution >= 4 is 17.4 Å². The van der Waals surface area contributed by atoms with Crippen molar-refractivity contribution in [1.82, 2.24) is 4.98 Å². The van der Waals surface area contributed by atoms with E-state index >= 15 is 0 Å². The third kappa shape index (κ3) is 3.18. The summed E-state index contributed by atoms with van der Waals surface area (Å²) in [6.45, 7) is 1.49. The Balaban J connectivity index is 1.82. The lowest BCUT2D eigenvalue weighted by molar-refractivity contribution is 0.0995. The van der Waals surface area contributed by atoms with Gasteiger partial charge in [0.2, 0.25) is 5.76 Å². The zero-order valence-electron chi connectivity index (χ0n) is 12.4. The smallest absolute Gasteiger partial charge is 0.293 e. The van der Waals surface area contributed by atoms with Crippen LogP contribution in [0.5, 0.6) is 0 Å². The fourth-order valence-corrected chi connectivity index (χ4v) is 2.19. The number of Topliss-reactive ketones (excluding diaryl/α,β-unsaturated/α-hetero) is 1. The van der Waals surface area contributed by atoms with Gasteiger partial charge in [-0.05, 0) is 31.2 Å². The predicted octanol–water partition coefficient (Wildman–Crippen LogP) is 3.80. The van der Waals surface area contributed by atoms with Crippen LogP contribution in [0.15, 0.2) is 65.4 Å². The largest absolute Gasteiger partial charge is 0.438 e. The van der Waals surface area contributed by atoms with Crippen LogP contribution in [-0.2, 0) is 0 Å². The molecule has 114 valence electrons. The summed E-state index contributed by atoms with van der Waals surface area (Å²) in [5.74, 6) is -0.270. The van der Waals surface area contributed by atoms with Crippen LogP contribution in [0.4, 0.5) is 5.69 Å². The second kappa shape index (κ2) is 6.27.